The first-order valence-electron chi connectivity index (χ1n) is 7.58. The number of carbonyl (C=O) groups is 1. The molecule has 0 heterocycles. The number of para-hydroxylation sites is 2. The van der Waals surface area contributed by atoms with Crippen molar-refractivity contribution in [1.29, 1.82) is 0 Å². The number of benzene rings is 2. The van der Waals surface area contributed by atoms with Crippen molar-refractivity contribution in [3.8, 4) is 5.75 Å². The predicted octanol–water partition coefficient (Wildman–Crippen LogP) is 3.41. The molecule has 0 bridgehead atoms. The number of rotatable bonds is 8. The third-order valence-corrected chi connectivity index (χ3v) is 5.44. The highest BCUT2D eigenvalue weighted by molar-refractivity contribution is 7.92. The molecule has 134 valence electrons. The number of hydrogen-bond acceptors (Lipinski definition) is 4. The normalized spacial score (nSPS) is 11.1. The Bertz CT molecular complexity index is 836. The Kier molecular flexibility index (Phi) is 6.27. The fourth-order valence-corrected chi connectivity index (χ4v) is 3.84. The molecule has 0 amide bonds. The van der Waals surface area contributed by atoms with E-state index in [1.165, 1.54) is 24.3 Å². The first-order chi connectivity index (χ1) is 11.9. The molecule has 0 saturated carbocycles. The van der Waals surface area contributed by atoms with E-state index in [9.17, 15) is 13.2 Å². The number of hydrogen-bond donors (Lipinski definition) is 1. The zero-order chi connectivity index (χ0) is 18.4. The summed E-state index contributed by atoms with van der Waals surface area (Å²) in [7, 11) is -3.98. The Balaban J connectivity index is 2.52. The molecule has 2 aromatic rings. The van der Waals surface area contributed by atoms with Gasteiger partial charge in [0.2, 0.25) is 0 Å². The molecule has 0 radical (unpaired) electrons. The van der Waals surface area contributed by atoms with Gasteiger partial charge in [-0.2, -0.15) is 0 Å². The quantitative estimate of drug-likeness (QED) is 0.755. The van der Waals surface area contributed by atoms with E-state index in [1.54, 1.807) is 31.2 Å². The number of nitrogens with zero attached hydrogens (tertiary/aromatic N) is 1. The van der Waals surface area contributed by atoms with E-state index < -0.39 is 16.0 Å². The molecule has 0 atom stereocenters. The van der Waals surface area contributed by atoms with Gasteiger partial charge >= 0.3 is 5.97 Å². The molecule has 0 aliphatic heterocycles. The molecule has 1 N–H and O–H groups in total. The van der Waals surface area contributed by atoms with Crippen molar-refractivity contribution in [3.05, 3.63) is 53.6 Å². The molecule has 8 heteroatoms. The van der Waals surface area contributed by atoms with Crippen molar-refractivity contribution in [1.82, 2.24) is 0 Å². The average Bonchev–Trinajstić information content (AvgIpc) is 2.56. The Morgan fingerprint density at radius 1 is 1.16 bits per heavy atom. The van der Waals surface area contributed by atoms with Gasteiger partial charge in [-0.05, 0) is 43.3 Å². The van der Waals surface area contributed by atoms with Crippen LogP contribution in [0.4, 0.5) is 5.69 Å². The van der Waals surface area contributed by atoms with Crippen molar-refractivity contribution in [2.75, 3.05) is 17.5 Å². The van der Waals surface area contributed by atoms with Crippen LogP contribution in [0.3, 0.4) is 0 Å². The molecule has 25 heavy (non-hydrogen) atoms. The van der Waals surface area contributed by atoms with Crippen LogP contribution in [0, 0.1) is 0 Å². The molecular weight excluding hydrogens is 366 g/mol. The number of sulfonamides is 1. The summed E-state index contributed by atoms with van der Waals surface area (Å²) >= 11 is 5.82. The van der Waals surface area contributed by atoms with Gasteiger partial charge in [-0.25, -0.2) is 8.42 Å². The lowest BCUT2D eigenvalue weighted by Gasteiger charge is -2.26. The zero-order valence-electron chi connectivity index (χ0n) is 13.6. The van der Waals surface area contributed by atoms with Gasteiger partial charge in [-0.15, -0.1) is 0 Å². The van der Waals surface area contributed by atoms with Crippen LogP contribution in [0.15, 0.2) is 53.4 Å². The molecule has 0 aliphatic rings. The van der Waals surface area contributed by atoms with E-state index >= 15 is 0 Å². The smallest absolute Gasteiger partial charge is 0.305 e. The van der Waals surface area contributed by atoms with Crippen LogP contribution >= 0.6 is 11.6 Å². The predicted molar refractivity (Wildman–Crippen MR) is 95.8 cm³/mol. The van der Waals surface area contributed by atoms with Gasteiger partial charge in [-0.3, -0.25) is 9.10 Å². The first kappa shape index (κ1) is 19.1. The summed E-state index contributed by atoms with van der Waals surface area (Å²) < 4.78 is 32.6. The summed E-state index contributed by atoms with van der Waals surface area (Å²) in [6.07, 6.45) is -0.340. The van der Waals surface area contributed by atoms with Crippen LogP contribution in [0.2, 0.25) is 5.02 Å². The maximum Gasteiger partial charge on any atom is 0.305 e. The Labute approximate surface area is 151 Å². The molecular formula is C17H18ClNO5S. The molecule has 0 aromatic heterocycles. The largest absolute Gasteiger partial charge is 0.492 e. The average molecular weight is 384 g/mol. The molecule has 2 aromatic carbocycles. The van der Waals surface area contributed by atoms with Crippen LogP contribution in [0.5, 0.6) is 5.75 Å². The highest BCUT2D eigenvalue weighted by Gasteiger charge is 2.27. The SMILES string of the molecule is CCOc1ccccc1N(CCC(=O)O)S(=O)(=O)c1ccc(Cl)cc1. The fourth-order valence-electron chi connectivity index (χ4n) is 2.24. The summed E-state index contributed by atoms with van der Waals surface area (Å²) in [5.41, 5.74) is 0.292. The highest BCUT2D eigenvalue weighted by atomic mass is 35.5. The van der Waals surface area contributed by atoms with E-state index in [0.717, 1.165) is 4.31 Å². The summed E-state index contributed by atoms with van der Waals surface area (Å²) in [5.74, 6) is -0.724. The second kappa shape index (κ2) is 8.22. The van der Waals surface area contributed by atoms with E-state index in [0.29, 0.717) is 23.1 Å². The molecule has 0 fully saturated rings. The zero-order valence-corrected chi connectivity index (χ0v) is 15.1. The Morgan fingerprint density at radius 3 is 2.40 bits per heavy atom. The van der Waals surface area contributed by atoms with Crippen molar-refractivity contribution >= 4 is 33.3 Å². The standard InChI is InChI=1S/C17H18ClNO5S/c1-2-24-16-6-4-3-5-15(16)19(12-11-17(20)21)25(22,23)14-9-7-13(18)8-10-14/h3-10H,2,11-12H2,1H3,(H,20,21). The van der Waals surface area contributed by atoms with Gasteiger partial charge in [-0.1, -0.05) is 23.7 Å². The monoisotopic (exact) mass is 383 g/mol. The lowest BCUT2D eigenvalue weighted by molar-refractivity contribution is -0.136. The molecule has 0 aliphatic carbocycles. The summed E-state index contributed by atoms with van der Waals surface area (Å²) in [4.78, 5) is 11.0. The third kappa shape index (κ3) is 4.64. The lowest BCUT2D eigenvalue weighted by atomic mass is 10.3. The molecule has 6 nitrogen and oxygen atoms in total. The molecule has 2 rings (SSSR count). The maximum absolute atomic E-state index is 13.0. The number of aliphatic carboxylic acids is 1. The fraction of sp³-hybridized carbons (Fsp3) is 0.235. The van der Waals surface area contributed by atoms with Gasteiger partial charge in [0.25, 0.3) is 10.0 Å². The van der Waals surface area contributed by atoms with E-state index in [-0.39, 0.29) is 17.9 Å². The third-order valence-electron chi connectivity index (χ3n) is 3.36. The van der Waals surface area contributed by atoms with Gasteiger partial charge in [0, 0.05) is 11.6 Å². The highest BCUT2D eigenvalue weighted by Crippen LogP contribution is 2.33. The van der Waals surface area contributed by atoms with E-state index in [1.807, 2.05) is 0 Å². The molecule has 0 spiro atoms. The lowest BCUT2D eigenvalue weighted by Crippen LogP contribution is -2.33. The van der Waals surface area contributed by atoms with Crippen molar-refractivity contribution in [2.24, 2.45) is 0 Å². The minimum absolute atomic E-state index is 0.0218. The summed E-state index contributed by atoms with van der Waals surface area (Å²) in [6.45, 7) is 1.92. The number of halogens is 1. The molecule has 0 unspecified atom stereocenters. The Morgan fingerprint density at radius 2 is 1.80 bits per heavy atom. The van der Waals surface area contributed by atoms with Gasteiger partial charge in [0.1, 0.15) is 5.75 Å². The molecule has 0 saturated heterocycles. The van der Waals surface area contributed by atoms with Gasteiger partial charge in [0.05, 0.1) is 23.6 Å². The van der Waals surface area contributed by atoms with Crippen molar-refractivity contribution in [3.63, 3.8) is 0 Å². The first-order valence-corrected chi connectivity index (χ1v) is 9.40. The van der Waals surface area contributed by atoms with Crippen molar-refractivity contribution in [2.45, 2.75) is 18.2 Å². The van der Waals surface area contributed by atoms with Gasteiger partial charge < -0.3 is 9.84 Å². The summed E-state index contributed by atoms with van der Waals surface area (Å²) in [5, 5.41) is 9.39. The number of anilines is 1. The second-order valence-corrected chi connectivity index (χ2v) is 7.37. The number of ether oxygens (including phenoxy) is 1. The number of carboxylic acid groups (broad SMARTS) is 1. The van der Waals surface area contributed by atoms with Crippen LogP contribution in [0.25, 0.3) is 0 Å². The van der Waals surface area contributed by atoms with Crippen LogP contribution < -0.4 is 9.04 Å². The topological polar surface area (TPSA) is 83.9 Å². The van der Waals surface area contributed by atoms with E-state index in [4.69, 9.17) is 21.4 Å². The van der Waals surface area contributed by atoms with Crippen LogP contribution in [-0.4, -0.2) is 32.6 Å². The number of carboxylic acids is 1. The van der Waals surface area contributed by atoms with Crippen molar-refractivity contribution < 1.29 is 23.1 Å². The van der Waals surface area contributed by atoms with E-state index in [2.05, 4.69) is 0 Å². The maximum atomic E-state index is 13.0. The van der Waals surface area contributed by atoms with Gasteiger partial charge in [0.15, 0.2) is 0 Å². The van der Waals surface area contributed by atoms with Crippen LogP contribution in [0.1, 0.15) is 13.3 Å². The Hall–Kier alpha value is -2.25. The van der Waals surface area contributed by atoms with Crippen LogP contribution in [-0.2, 0) is 14.8 Å². The second-order valence-electron chi connectivity index (χ2n) is 5.08. The summed E-state index contributed by atoms with van der Waals surface area (Å²) in [6, 6.07) is 12.3. The minimum atomic E-state index is -3.98. The minimum Gasteiger partial charge on any atom is -0.492 e.